The zero-order valence-corrected chi connectivity index (χ0v) is 14.7. The van der Waals surface area contributed by atoms with Crippen molar-refractivity contribution in [1.82, 2.24) is 4.98 Å². The van der Waals surface area contributed by atoms with Crippen LogP contribution in [0.3, 0.4) is 0 Å². The van der Waals surface area contributed by atoms with Gasteiger partial charge in [0, 0.05) is 11.9 Å². The molecule has 3 rings (SSSR count). The van der Waals surface area contributed by atoms with Crippen molar-refractivity contribution < 1.29 is 13.2 Å². The topological polar surface area (TPSA) is 92.1 Å². The Labute approximate surface area is 151 Å². The van der Waals surface area contributed by atoms with E-state index in [0.717, 1.165) is 11.9 Å². The molecule has 1 heterocycles. The van der Waals surface area contributed by atoms with Gasteiger partial charge in [-0.15, -0.1) is 0 Å². The molecule has 0 bridgehead atoms. The van der Waals surface area contributed by atoms with Crippen LogP contribution in [0.25, 0.3) is 0 Å². The molecular formula is C19H15N3O3S. The van der Waals surface area contributed by atoms with Crippen molar-refractivity contribution >= 4 is 21.3 Å². The largest absolute Gasteiger partial charge is 0.457 e. The number of anilines is 2. The third-order valence-electron chi connectivity index (χ3n) is 3.46. The van der Waals surface area contributed by atoms with E-state index in [1.54, 1.807) is 54.6 Å². The number of hydrogen-bond donors (Lipinski definition) is 1. The molecule has 130 valence electrons. The van der Waals surface area contributed by atoms with Crippen LogP contribution in [-0.2, 0) is 9.84 Å². The molecule has 0 unspecified atom stereocenters. The number of pyridine rings is 1. The highest BCUT2D eigenvalue weighted by Crippen LogP contribution is 2.26. The van der Waals surface area contributed by atoms with Gasteiger partial charge in [0.25, 0.3) is 0 Å². The summed E-state index contributed by atoms with van der Waals surface area (Å²) in [5.41, 5.74) is 1.12. The molecule has 0 saturated carbocycles. The van der Waals surface area contributed by atoms with Gasteiger partial charge in [-0.2, -0.15) is 5.26 Å². The van der Waals surface area contributed by atoms with Crippen LogP contribution in [0, 0.1) is 11.3 Å². The molecule has 0 aliphatic carbocycles. The quantitative estimate of drug-likeness (QED) is 0.737. The minimum Gasteiger partial charge on any atom is -0.457 e. The van der Waals surface area contributed by atoms with E-state index in [4.69, 9.17) is 10.00 Å². The molecular weight excluding hydrogens is 350 g/mol. The Hall–Kier alpha value is -3.37. The monoisotopic (exact) mass is 365 g/mol. The lowest BCUT2D eigenvalue weighted by molar-refractivity contribution is 0.481. The van der Waals surface area contributed by atoms with E-state index in [-0.39, 0.29) is 4.90 Å². The fourth-order valence-corrected chi connectivity index (χ4v) is 2.88. The molecule has 0 saturated heterocycles. The smallest absolute Gasteiger partial charge is 0.175 e. The Balaban J connectivity index is 1.73. The Morgan fingerprint density at radius 1 is 1.00 bits per heavy atom. The number of sulfone groups is 1. The first-order valence-electron chi connectivity index (χ1n) is 7.66. The van der Waals surface area contributed by atoms with Crippen LogP contribution in [0.5, 0.6) is 11.5 Å². The molecule has 0 amide bonds. The zero-order valence-electron chi connectivity index (χ0n) is 13.9. The first-order chi connectivity index (χ1) is 12.4. The average Bonchev–Trinajstić information content (AvgIpc) is 2.63. The van der Waals surface area contributed by atoms with Crippen LogP contribution in [0.4, 0.5) is 11.5 Å². The highest BCUT2D eigenvalue weighted by atomic mass is 32.2. The summed E-state index contributed by atoms with van der Waals surface area (Å²) in [5, 5.41) is 12.0. The number of aromatic nitrogens is 1. The van der Waals surface area contributed by atoms with Crippen molar-refractivity contribution in [3.63, 3.8) is 0 Å². The molecule has 0 radical (unpaired) electrons. The van der Waals surface area contributed by atoms with Gasteiger partial charge in [-0.1, -0.05) is 12.1 Å². The number of benzene rings is 2. The van der Waals surface area contributed by atoms with Gasteiger partial charge in [-0.3, -0.25) is 0 Å². The minimum absolute atomic E-state index is 0.205. The van der Waals surface area contributed by atoms with Gasteiger partial charge in [-0.25, -0.2) is 13.4 Å². The average molecular weight is 365 g/mol. The number of rotatable bonds is 5. The molecule has 6 nitrogen and oxygen atoms in total. The van der Waals surface area contributed by atoms with Gasteiger partial charge in [0.15, 0.2) is 9.84 Å². The summed E-state index contributed by atoms with van der Waals surface area (Å²) in [7, 11) is -3.28. The molecule has 3 aromatic rings. The van der Waals surface area contributed by atoms with Crippen LogP contribution < -0.4 is 10.1 Å². The lowest BCUT2D eigenvalue weighted by Gasteiger charge is -2.09. The minimum atomic E-state index is -3.28. The number of nitrogens with zero attached hydrogens (tertiary/aromatic N) is 2. The molecule has 1 N–H and O–H groups in total. The van der Waals surface area contributed by atoms with Gasteiger partial charge in [0.2, 0.25) is 0 Å². The molecule has 0 atom stereocenters. The molecule has 0 fully saturated rings. The summed E-state index contributed by atoms with van der Waals surface area (Å²) in [6.45, 7) is 0. The Morgan fingerprint density at radius 3 is 2.42 bits per heavy atom. The maximum Gasteiger partial charge on any atom is 0.175 e. The third kappa shape index (κ3) is 4.37. The van der Waals surface area contributed by atoms with Gasteiger partial charge in [-0.05, 0) is 54.6 Å². The summed E-state index contributed by atoms with van der Waals surface area (Å²) in [5.74, 6) is 1.58. The van der Waals surface area contributed by atoms with Crippen LogP contribution in [0.2, 0.25) is 0 Å². The van der Waals surface area contributed by atoms with Gasteiger partial charge < -0.3 is 10.1 Å². The molecule has 26 heavy (non-hydrogen) atoms. The van der Waals surface area contributed by atoms with Gasteiger partial charge >= 0.3 is 0 Å². The molecule has 7 heteroatoms. The van der Waals surface area contributed by atoms with Crippen molar-refractivity contribution in [2.45, 2.75) is 4.90 Å². The van der Waals surface area contributed by atoms with Gasteiger partial charge in [0.05, 0.1) is 4.90 Å². The molecule has 0 aliphatic heterocycles. The Kier molecular flexibility index (Phi) is 4.87. The van der Waals surface area contributed by atoms with E-state index in [0.29, 0.717) is 23.0 Å². The van der Waals surface area contributed by atoms with E-state index >= 15 is 0 Å². The van der Waals surface area contributed by atoms with Crippen LogP contribution in [0.1, 0.15) is 5.69 Å². The van der Waals surface area contributed by atoms with Crippen molar-refractivity contribution in [3.8, 4) is 17.6 Å². The fraction of sp³-hybridized carbons (Fsp3) is 0.0526. The highest BCUT2D eigenvalue weighted by molar-refractivity contribution is 7.90. The highest BCUT2D eigenvalue weighted by Gasteiger charge is 2.08. The molecule has 1 aromatic heterocycles. The summed E-state index contributed by atoms with van der Waals surface area (Å²) >= 11 is 0. The van der Waals surface area contributed by atoms with E-state index in [1.165, 1.54) is 12.1 Å². The van der Waals surface area contributed by atoms with E-state index < -0.39 is 9.84 Å². The lowest BCUT2D eigenvalue weighted by Crippen LogP contribution is -1.97. The first-order valence-corrected chi connectivity index (χ1v) is 9.55. The predicted molar refractivity (Wildman–Crippen MR) is 98.3 cm³/mol. The van der Waals surface area contributed by atoms with Crippen molar-refractivity contribution in [3.05, 3.63) is 72.4 Å². The van der Waals surface area contributed by atoms with Crippen LogP contribution in [0.15, 0.2) is 71.6 Å². The molecule has 0 spiro atoms. The number of nitrogens with one attached hydrogen (secondary N) is 1. The van der Waals surface area contributed by atoms with Gasteiger partial charge in [0.1, 0.15) is 29.1 Å². The van der Waals surface area contributed by atoms with E-state index in [2.05, 4.69) is 10.3 Å². The van der Waals surface area contributed by atoms with E-state index in [9.17, 15) is 8.42 Å². The van der Waals surface area contributed by atoms with Crippen molar-refractivity contribution in [1.29, 1.82) is 5.26 Å². The maximum atomic E-state index is 11.6. The number of nitriles is 1. The van der Waals surface area contributed by atoms with Crippen molar-refractivity contribution in [2.75, 3.05) is 11.6 Å². The summed E-state index contributed by atoms with van der Waals surface area (Å²) in [6.07, 6.45) is 1.15. The summed E-state index contributed by atoms with van der Waals surface area (Å²) in [4.78, 5) is 4.35. The molecule has 2 aromatic carbocycles. The summed E-state index contributed by atoms with van der Waals surface area (Å²) < 4.78 is 28.9. The number of ether oxygens (including phenoxy) is 1. The second-order valence-electron chi connectivity index (χ2n) is 5.52. The van der Waals surface area contributed by atoms with E-state index in [1.807, 2.05) is 6.07 Å². The third-order valence-corrected chi connectivity index (χ3v) is 4.57. The maximum absolute atomic E-state index is 11.6. The van der Waals surface area contributed by atoms with Crippen LogP contribution >= 0.6 is 0 Å². The summed E-state index contributed by atoms with van der Waals surface area (Å²) in [6, 6.07) is 20.6. The zero-order chi connectivity index (χ0) is 18.6. The Bertz CT molecular complexity index is 1070. The van der Waals surface area contributed by atoms with Crippen molar-refractivity contribution in [2.24, 2.45) is 0 Å². The second-order valence-corrected chi connectivity index (χ2v) is 7.53. The predicted octanol–water partition coefficient (Wildman–Crippen LogP) is 3.89. The Morgan fingerprint density at radius 2 is 1.73 bits per heavy atom. The molecule has 0 aliphatic rings. The second kappa shape index (κ2) is 7.25. The normalized spacial score (nSPS) is 10.8. The van der Waals surface area contributed by atoms with Crippen LogP contribution in [-0.4, -0.2) is 19.7 Å². The fourth-order valence-electron chi connectivity index (χ4n) is 2.23. The number of hydrogen-bond acceptors (Lipinski definition) is 6. The standard InChI is InChI=1S/C19H15N3O3S/c1-26(23,24)18-6-3-5-17(12-18)25-16-10-8-14(9-11-16)21-19-7-2-4-15(13-20)22-19/h2-12H,1H3,(H,21,22). The first kappa shape index (κ1) is 17.5. The lowest BCUT2D eigenvalue weighted by atomic mass is 10.3. The SMILES string of the molecule is CS(=O)(=O)c1cccc(Oc2ccc(Nc3cccc(C#N)n3)cc2)c1.